The topological polar surface area (TPSA) is 40.7 Å². The summed E-state index contributed by atoms with van der Waals surface area (Å²) in [6.45, 7) is 2.33. The molecule has 0 radical (unpaired) electrons. The molecule has 92 valence electrons. The zero-order chi connectivity index (χ0) is 10.8. The van der Waals surface area contributed by atoms with Crippen molar-refractivity contribution >= 4 is 35.2 Å². The van der Waals surface area contributed by atoms with E-state index in [4.69, 9.17) is 0 Å². The number of fused-ring (bicyclic) bond motifs is 1. The normalized spacial score (nSPS) is 19.4. The number of hydrogen-bond acceptors (Lipinski definition) is 3. The second-order valence-corrected chi connectivity index (χ2v) is 5.24. The van der Waals surface area contributed by atoms with E-state index in [1.807, 2.05) is 30.0 Å². The Bertz CT molecular complexity index is 446. The SMILES string of the molecule is Cl.c1ccc2[nH]c(SCC3CCNC3)nc2c1. The summed E-state index contributed by atoms with van der Waals surface area (Å²) in [5, 5.41) is 4.44. The summed E-state index contributed by atoms with van der Waals surface area (Å²) in [4.78, 5) is 7.91. The fourth-order valence-electron chi connectivity index (χ4n) is 2.05. The summed E-state index contributed by atoms with van der Waals surface area (Å²) in [5.74, 6) is 1.96. The van der Waals surface area contributed by atoms with Gasteiger partial charge in [-0.05, 0) is 37.6 Å². The standard InChI is InChI=1S/C12H15N3S.ClH/c1-2-4-11-10(3-1)14-12(15-11)16-8-9-5-6-13-7-9;/h1-4,9,13H,5-8H2,(H,14,15);1H. The van der Waals surface area contributed by atoms with Crippen LogP contribution in [0.4, 0.5) is 0 Å². The summed E-state index contributed by atoms with van der Waals surface area (Å²) < 4.78 is 0. The molecular weight excluding hydrogens is 254 g/mol. The van der Waals surface area contributed by atoms with Crippen LogP contribution in [0.15, 0.2) is 29.4 Å². The maximum absolute atomic E-state index is 4.56. The molecule has 1 aromatic carbocycles. The van der Waals surface area contributed by atoms with Gasteiger partial charge < -0.3 is 10.3 Å². The molecule has 1 fully saturated rings. The fraction of sp³-hybridized carbons (Fsp3) is 0.417. The monoisotopic (exact) mass is 269 g/mol. The van der Waals surface area contributed by atoms with Crippen LogP contribution < -0.4 is 5.32 Å². The van der Waals surface area contributed by atoms with E-state index in [9.17, 15) is 0 Å². The Morgan fingerprint density at radius 3 is 3.00 bits per heavy atom. The van der Waals surface area contributed by atoms with Crippen molar-refractivity contribution in [3.8, 4) is 0 Å². The first-order valence-corrected chi connectivity index (χ1v) is 6.68. The highest BCUT2D eigenvalue weighted by Crippen LogP contribution is 2.23. The molecule has 1 saturated heterocycles. The highest BCUT2D eigenvalue weighted by molar-refractivity contribution is 7.99. The molecule has 3 nitrogen and oxygen atoms in total. The Morgan fingerprint density at radius 2 is 2.24 bits per heavy atom. The third kappa shape index (κ3) is 2.94. The van der Waals surface area contributed by atoms with Gasteiger partial charge >= 0.3 is 0 Å². The Kier molecular flexibility index (Phi) is 4.31. The van der Waals surface area contributed by atoms with Crippen LogP contribution in [0.2, 0.25) is 0 Å². The molecule has 0 amide bonds. The van der Waals surface area contributed by atoms with Crippen LogP contribution in [0.1, 0.15) is 6.42 Å². The van der Waals surface area contributed by atoms with Crippen LogP contribution in [0.25, 0.3) is 11.0 Å². The highest BCUT2D eigenvalue weighted by atomic mass is 35.5. The number of nitrogens with one attached hydrogen (secondary N) is 2. The van der Waals surface area contributed by atoms with Gasteiger partial charge in [0, 0.05) is 5.75 Å². The summed E-state index contributed by atoms with van der Waals surface area (Å²) in [5.41, 5.74) is 2.20. The Labute approximate surface area is 111 Å². The van der Waals surface area contributed by atoms with Crippen molar-refractivity contribution in [3.63, 3.8) is 0 Å². The first kappa shape index (κ1) is 12.7. The zero-order valence-electron chi connectivity index (χ0n) is 9.48. The minimum absolute atomic E-state index is 0. The van der Waals surface area contributed by atoms with Crippen LogP contribution in [-0.2, 0) is 0 Å². The van der Waals surface area contributed by atoms with Gasteiger partial charge in [0.1, 0.15) is 0 Å². The van der Waals surface area contributed by atoms with E-state index in [0.717, 1.165) is 34.4 Å². The second kappa shape index (κ2) is 5.76. The number of nitrogens with zero attached hydrogens (tertiary/aromatic N) is 1. The molecule has 0 aliphatic carbocycles. The summed E-state index contributed by atoms with van der Waals surface area (Å²) >= 11 is 1.84. The highest BCUT2D eigenvalue weighted by Gasteiger charge is 2.15. The number of imidazole rings is 1. The van der Waals surface area contributed by atoms with E-state index < -0.39 is 0 Å². The lowest BCUT2D eigenvalue weighted by Crippen LogP contribution is -2.10. The smallest absolute Gasteiger partial charge is 0.166 e. The van der Waals surface area contributed by atoms with Gasteiger partial charge in [0.2, 0.25) is 0 Å². The molecule has 1 atom stereocenters. The third-order valence-corrected chi connectivity index (χ3v) is 4.09. The number of hydrogen-bond donors (Lipinski definition) is 2. The van der Waals surface area contributed by atoms with Crippen LogP contribution in [0.3, 0.4) is 0 Å². The van der Waals surface area contributed by atoms with Crippen molar-refractivity contribution in [2.75, 3.05) is 18.8 Å². The predicted octanol–water partition coefficient (Wildman–Crippen LogP) is 2.69. The van der Waals surface area contributed by atoms with Crippen LogP contribution in [-0.4, -0.2) is 28.8 Å². The maximum atomic E-state index is 4.56. The molecule has 1 aliphatic rings. The fourth-order valence-corrected chi connectivity index (χ4v) is 3.07. The maximum Gasteiger partial charge on any atom is 0.166 e. The van der Waals surface area contributed by atoms with Gasteiger partial charge in [0.15, 0.2) is 5.16 Å². The van der Waals surface area contributed by atoms with Gasteiger partial charge in [-0.15, -0.1) is 12.4 Å². The van der Waals surface area contributed by atoms with Crippen LogP contribution in [0, 0.1) is 5.92 Å². The lowest BCUT2D eigenvalue weighted by molar-refractivity contribution is 0.662. The molecule has 0 bridgehead atoms. The van der Waals surface area contributed by atoms with Crippen molar-refractivity contribution in [1.82, 2.24) is 15.3 Å². The van der Waals surface area contributed by atoms with E-state index in [2.05, 4.69) is 21.4 Å². The molecular formula is C12H16ClN3S. The summed E-state index contributed by atoms with van der Waals surface area (Å²) in [7, 11) is 0. The zero-order valence-corrected chi connectivity index (χ0v) is 11.1. The van der Waals surface area contributed by atoms with Gasteiger partial charge in [0.05, 0.1) is 11.0 Å². The molecule has 5 heteroatoms. The summed E-state index contributed by atoms with van der Waals surface area (Å²) in [6.07, 6.45) is 1.30. The van der Waals surface area contributed by atoms with E-state index in [1.54, 1.807) is 0 Å². The number of aromatic amines is 1. The lowest BCUT2D eigenvalue weighted by Gasteiger charge is -2.04. The molecule has 17 heavy (non-hydrogen) atoms. The number of para-hydroxylation sites is 2. The lowest BCUT2D eigenvalue weighted by atomic mass is 10.2. The molecule has 2 N–H and O–H groups in total. The van der Waals surface area contributed by atoms with Crippen molar-refractivity contribution < 1.29 is 0 Å². The Morgan fingerprint density at radius 1 is 1.35 bits per heavy atom. The molecule has 3 rings (SSSR count). The van der Waals surface area contributed by atoms with E-state index in [-0.39, 0.29) is 12.4 Å². The molecule has 1 aromatic heterocycles. The number of thioether (sulfide) groups is 1. The molecule has 1 unspecified atom stereocenters. The molecule has 2 heterocycles. The van der Waals surface area contributed by atoms with Gasteiger partial charge in [-0.2, -0.15) is 0 Å². The largest absolute Gasteiger partial charge is 0.333 e. The molecule has 1 aliphatic heterocycles. The first-order chi connectivity index (χ1) is 7.92. The van der Waals surface area contributed by atoms with Gasteiger partial charge in [-0.25, -0.2) is 4.98 Å². The minimum Gasteiger partial charge on any atom is -0.333 e. The number of rotatable bonds is 3. The number of H-pyrrole nitrogens is 1. The van der Waals surface area contributed by atoms with E-state index >= 15 is 0 Å². The quantitative estimate of drug-likeness (QED) is 0.842. The second-order valence-electron chi connectivity index (χ2n) is 4.23. The molecule has 0 spiro atoms. The van der Waals surface area contributed by atoms with Gasteiger partial charge in [-0.3, -0.25) is 0 Å². The van der Waals surface area contributed by atoms with E-state index in [1.165, 1.54) is 13.0 Å². The number of aromatic nitrogens is 2. The van der Waals surface area contributed by atoms with Crippen molar-refractivity contribution in [1.29, 1.82) is 0 Å². The van der Waals surface area contributed by atoms with Gasteiger partial charge in [-0.1, -0.05) is 23.9 Å². The Balaban J connectivity index is 0.00000108. The van der Waals surface area contributed by atoms with Crippen molar-refractivity contribution in [3.05, 3.63) is 24.3 Å². The number of benzene rings is 1. The van der Waals surface area contributed by atoms with Crippen molar-refractivity contribution in [2.24, 2.45) is 5.92 Å². The third-order valence-electron chi connectivity index (χ3n) is 2.99. The van der Waals surface area contributed by atoms with E-state index in [0.29, 0.717) is 0 Å². The molecule has 2 aromatic rings. The van der Waals surface area contributed by atoms with Crippen molar-refractivity contribution in [2.45, 2.75) is 11.6 Å². The average molecular weight is 270 g/mol. The Hall–Kier alpha value is -0.710. The van der Waals surface area contributed by atoms with Crippen LogP contribution in [0.5, 0.6) is 0 Å². The summed E-state index contributed by atoms with van der Waals surface area (Å²) in [6, 6.07) is 8.19. The van der Waals surface area contributed by atoms with Crippen LogP contribution >= 0.6 is 24.2 Å². The minimum atomic E-state index is 0. The number of halogens is 1. The predicted molar refractivity (Wildman–Crippen MR) is 75.0 cm³/mol. The molecule has 0 saturated carbocycles. The van der Waals surface area contributed by atoms with Gasteiger partial charge in [0.25, 0.3) is 0 Å². The average Bonchev–Trinajstić information content (AvgIpc) is 2.95. The first-order valence-electron chi connectivity index (χ1n) is 5.70.